The van der Waals surface area contributed by atoms with Crippen LogP contribution in [0.25, 0.3) is 0 Å². The third-order valence-electron chi connectivity index (χ3n) is 3.45. The molecule has 2 rings (SSSR count). The summed E-state index contributed by atoms with van der Waals surface area (Å²) >= 11 is 0. The minimum absolute atomic E-state index is 0.282. The summed E-state index contributed by atoms with van der Waals surface area (Å²) in [6.07, 6.45) is 0.663. The smallest absolute Gasteiger partial charge is 0.320 e. The molecule has 0 N–H and O–H groups in total. The molecule has 0 aliphatic carbocycles. The Morgan fingerprint density at radius 1 is 1.26 bits per heavy atom. The van der Waals surface area contributed by atoms with Crippen molar-refractivity contribution in [2.24, 2.45) is 5.92 Å². The fourth-order valence-electron chi connectivity index (χ4n) is 2.37. The highest BCUT2D eigenvalue weighted by atomic mass is 16.6. The van der Waals surface area contributed by atoms with E-state index in [9.17, 15) is 9.59 Å². The number of cyclic esters (lactones) is 1. The molecule has 5 heteroatoms. The first-order chi connectivity index (χ1) is 10.8. The van der Waals surface area contributed by atoms with Crippen LogP contribution in [0.3, 0.4) is 0 Å². The van der Waals surface area contributed by atoms with Crippen molar-refractivity contribution in [2.45, 2.75) is 51.9 Å². The normalized spacial score (nSPS) is 21.1. The van der Waals surface area contributed by atoms with E-state index < -0.39 is 23.5 Å². The maximum Gasteiger partial charge on any atom is 0.320 e. The number of carbonyl (C=O) groups is 2. The number of rotatable bonds is 6. The van der Waals surface area contributed by atoms with Gasteiger partial charge in [-0.1, -0.05) is 30.3 Å². The van der Waals surface area contributed by atoms with Crippen LogP contribution < -0.4 is 0 Å². The number of hydrogen-bond acceptors (Lipinski definition) is 5. The van der Waals surface area contributed by atoms with Gasteiger partial charge in [0.1, 0.15) is 11.7 Å². The number of carbonyl (C=O) groups excluding carboxylic acids is 2. The summed E-state index contributed by atoms with van der Waals surface area (Å²) in [5, 5.41) is 0. The van der Waals surface area contributed by atoms with Crippen molar-refractivity contribution in [1.29, 1.82) is 0 Å². The molecular formula is C18H24O5. The molecule has 5 nitrogen and oxygen atoms in total. The molecular weight excluding hydrogens is 296 g/mol. The standard InChI is InChI=1S/C18H24O5/c1-18(2,3)23-17(20)15-11-14(22-16(15)19)9-10-21-12-13-7-5-4-6-8-13/h4-8,14-15H,9-12H2,1-3H3/t14-,15?/m1/s1. The Morgan fingerprint density at radius 3 is 2.61 bits per heavy atom. The van der Waals surface area contributed by atoms with Crippen LogP contribution >= 0.6 is 0 Å². The van der Waals surface area contributed by atoms with Crippen molar-refractivity contribution in [3.8, 4) is 0 Å². The molecule has 2 atom stereocenters. The molecule has 1 aromatic carbocycles. The van der Waals surface area contributed by atoms with Gasteiger partial charge in [0, 0.05) is 12.8 Å². The quantitative estimate of drug-likeness (QED) is 0.458. The van der Waals surface area contributed by atoms with Gasteiger partial charge in [0.2, 0.25) is 0 Å². The zero-order chi connectivity index (χ0) is 16.9. The lowest BCUT2D eigenvalue weighted by atomic mass is 10.0. The molecule has 23 heavy (non-hydrogen) atoms. The Kier molecular flexibility index (Phi) is 5.77. The molecule has 1 fully saturated rings. The second-order valence-electron chi connectivity index (χ2n) is 6.71. The Balaban J connectivity index is 1.71. The summed E-state index contributed by atoms with van der Waals surface area (Å²) in [7, 11) is 0. The molecule has 0 amide bonds. The Labute approximate surface area is 136 Å². The summed E-state index contributed by atoms with van der Waals surface area (Å²) in [6.45, 7) is 6.34. The van der Waals surface area contributed by atoms with Crippen molar-refractivity contribution in [1.82, 2.24) is 0 Å². The van der Waals surface area contributed by atoms with Gasteiger partial charge in [0.15, 0.2) is 5.92 Å². The van der Waals surface area contributed by atoms with Crippen LogP contribution in [0, 0.1) is 5.92 Å². The van der Waals surface area contributed by atoms with Gasteiger partial charge < -0.3 is 14.2 Å². The van der Waals surface area contributed by atoms with E-state index in [0.717, 1.165) is 5.56 Å². The second-order valence-corrected chi connectivity index (χ2v) is 6.71. The molecule has 0 radical (unpaired) electrons. The minimum Gasteiger partial charge on any atom is -0.462 e. The lowest BCUT2D eigenvalue weighted by Gasteiger charge is -2.20. The molecule has 0 aromatic heterocycles. The predicted molar refractivity (Wildman–Crippen MR) is 84.5 cm³/mol. The first-order valence-corrected chi connectivity index (χ1v) is 7.90. The van der Waals surface area contributed by atoms with E-state index in [4.69, 9.17) is 14.2 Å². The lowest BCUT2D eigenvalue weighted by Crippen LogP contribution is -2.30. The van der Waals surface area contributed by atoms with Gasteiger partial charge >= 0.3 is 11.9 Å². The van der Waals surface area contributed by atoms with Gasteiger partial charge in [-0.05, 0) is 26.3 Å². The van der Waals surface area contributed by atoms with Crippen molar-refractivity contribution < 1.29 is 23.8 Å². The van der Waals surface area contributed by atoms with Gasteiger partial charge in [-0.25, -0.2) is 0 Å². The van der Waals surface area contributed by atoms with Crippen LogP contribution in [0.1, 0.15) is 39.2 Å². The third-order valence-corrected chi connectivity index (χ3v) is 3.45. The summed E-state index contributed by atoms with van der Waals surface area (Å²) in [5.41, 5.74) is 0.497. The van der Waals surface area contributed by atoms with E-state index in [1.54, 1.807) is 20.8 Å². The number of ether oxygens (including phenoxy) is 3. The van der Waals surface area contributed by atoms with Gasteiger partial charge in [-0.2, -0.15) is 0 Å². The van der Waals surface area contributed by atoms with Crippen LogP contribution in [0.5, 0.6) is 0 Å². The highest BCUT2D eigenvalue weighted by molar-refractivity contribution is 5.96. The fraction of sp³-hybridized carbons (Fsp3) is 0.556. The topological polar surface area (TPSA) is 61.8 Å². The predicted octanol–water partition coefficient (Wildman–Crippen LogP) is 2.87. The molecule has 126 valence electrons. The summed E-state index contributed by atoms with van der Waals surface area (Å²) < 4.78 is 16.1. The average Bonchev–Trinajstić information content (AvgIpc) is 2.84. The van der Waals surface area contributed by atoms with Crippen molar-refractivity contribution in [3.05, 3.63) is 35.9 Å². The van der Waals surface area contributed by atoms with Crippen LogP contribution in [0.4, 0.5) is 0 Å². The first-order valence-electron chi connectivity index (χ1n) is 7.90. The fourth-order valence-corrected chi connectivity index (χ4v) is 2.37. The molecule has 1 aliphatic rings. The Hall–Kier alpha value is -1.88. The van der Waals surface area contributed by atoms with Crippen molar-refractivity contribution in [3.63, 3.8) is 0 Å². The maximum absolute atomic E-state index is 12.0. The molecule has 1 unspecified atom stereocenters. The third kappa shape index (κ3) is 5.67. The van der Waals surface area contributed by atoms with Crippen LogP contribution in [-0.4, -0.2) is 30.3 Å². The molecule has 1 aromatic rings. The van der Waals surface area contributed by atoms with Crippen molar-refractivity contribution in [2.75, 3.05) is 6.61 Å². The molecule has 1 heterocycles. The molecule has 0 bridgehead atoms. The van der Waals surface area contributed by atoms with E-state index in [2.05, 4.69) is 0 Å². The van der Waals surface area contributed by atoms with Crippen LogP contribution in [-0.2, 0) is 30.4 Å². The number of esters is 2. The van der Waals surface area contributed by atoms with Crippen LogP contribution in [0.2, 0.25) is 0 Å². The zero-order valence-corrected chi connectivity index (χ0v) is 13.9. The molecule has 1 saturated heterocycles. The van der Waals surface area contributed by atoms with Gasteiger partial charge in [-0.15, -0.1) is 0 Å². The maximum atomic E-state index is 12.0. The minimum atomic E-state index is -0.812. The largest absolute Gasteiger partial charge is 0.462 e. The SMILES string of the molecule is CC(C)(C)OC(=O)C1C[C@@H](CCOCc2ccccc2)OC1=O. The number of hydrogen-bond donors (Lipinski definition) is 0. The van der Waals surface area contributed by atoms with E-state index >= 15 is 0 Å². The van der Waals surface area contributed by atoms with E-state index in [-0.39, 0.29) is 6.10 Å². The van der Waals surface area contributed by atoms with Crippen molar-refractivity contribution >= 4 is 11.9 Å². The van der Waals surface area contributed by atoms with E-state index in [0.29, 0.717) is 26.1 Å². The summed E-state index contributed by atoms with van der Waals surface area (Å²) in [6, 6.07) is 9.87. The average molecular weight is 320 g/mol. The summed E-state index contributed by atoms with van der Waals surface area (Å²) in [4.78, 5) is 23.8. The first kappa shape index (κ1) is 17.5. The lowest BCUT2D eigenvalue weighted by molar-refractivity contribution is -0.164. The highest BCUT2D eigenvalue weighted by Gasteiger charge is 2.41. The van der Waals surface area contributed by atoms with Gasteiger partial charge in [0.25, 0.3) is 0 Å². The van der Waals surface area contributed by atoms with Gasteiger partial charge in [0.05, 0.1) is 13.2 Å². The molecule has 0 spiro atoms. The van der Waals surface area contributed by atoms with E-state index in [1.807, 2.05) is 30.3 Å². The molecule has 0 saturated carbocycles. The second kappa shape index (κ2) is 7.59. The van der Waals surface area contributed by atoms with Crippen LogP contribution in [0.15, 0.2) is 30.3 Å². The zero-order valence-electron chi connectivity index (χ0n) is 13.9. The Morgan fingerprint density at radius 2 is 1.96 bits per heavy atom. The molecule has 1 aliphatic heterocycles. The Bertz CT molecular complexity index is 532. The van der Waals surface area contributed by atoms with E-state index in [1.165, 1.54) is 0 Å². The monoisotopic (exact) mass is 320 g/mol. The van der Waals surface area contributed by atoms with Gasteiger partial charge in [-0.3, -0.25) is 9.59 Å². The summed E-state index contributed by atoms with van der Waals surface area (Å²) in [5.74, 6) is -1.81. The highest BCUT2D eigenvalue weighted by Crippen LogP contribution is 2.26. The number of benzene rings is 1.